The summed E-state index contributed by atoms with van der Waals surface area (Å²) >= 11 is 0. The van der Waals surface area contributed by atoms with Gasteiger partial charge in [-0.05, 0) is 30.0 Å². The third kappa shape index (κ3) is 5.61. The number of phenolic OH excluding ortho intramolecular Hbond substituents is 1. The molecule has 0 aliphatic heterocycles. The highest BCUT2D eigenvalue weighted by Crippen LogP contribution is 2.12. The lowest BCUT2D eigenvalue weighted by Gasteiger charge is -2.23. The van der Waals surface area contributed by atoms with E-state index in [-0.39, 0.29) is 18.3 Å². The first-order valence-corrected chi connectivity index (χ1v) is 6.98. The maximum atomic E-state index is 12.1. The minimum Gasteiger partial charge on any atom is -0.508 e. The first-order chi connectivity index (χ1) is 10.3. The van der Waals surface area contributed by atoms with Crippen LogP contribution in [-0.4, -0.2) is 41.0 Å². The van der Waals surface area contributed by atoms with E-state index in [1.54, 1.807) is 26.0 Å². The number of aliphatic hydroxyl groups is 1. The van der Waals surface area contributed by atoms with Gasteiger partial charge in [0, 0.05) is 0 Å². The number of nitrogens with two attached hydrogens (primary N) is 1. The minimum absolute atomic E-state index is 0.142. The summed E-state index contributed by atoms with van der Waals surface area (Å²) in [6.07, 6.45) is -1.65. The van der Waals surface area contributed by atoms with Gasteiger partial charge in [-0.3, -0.25) is 4.79 Å². The highest BCUT2D eigenvalue weighted by molar-refractivity contribution is 5.83. The zero-order valence-corrected chi connectivity index (χ0v) is 12.7. The molecule has 0 spiro atoms. The standard InChI is InChI=1S/C15H22N2O5/c1-9(2)13(22-15(16)21)14(20)17-11(8-18)7-10-3-5-12(19)6-4-10/h3-6,9,11,13,18-19H,7-8H2,1-2H3,(H2,16,21)(H,17,20)/t11?,13-/m0/s1. The highest BCUT2D eigenvalue weighted by atomic mass is 16.6. The van der Waals surface area contributed by atoms with E-state index < -0.39 is 24.1 Å². The highest BCUT2D eigenvalue weighted by Gasteiger charge is 2.27. The summed E-state index contributed by atoms with van der Waals surface area (Å²) in [5.41, 5.74) is 5.80. The predicted molar refractivity (Wildman–Crippen MR) is 80.1 cm³/mol. The lowest BCUT2D eigenvalue weighted by molar-refractivity contribution is -0.132. The van der Waals surface area contributed by atoms with Gasteiger partial charge in [0.15, 0.2) is 6.10 Å². The largest absolute Gasteiger partial charge is 0.508 e. The van der Waals surface area contributed by atoms with E-state index >= 15 is 0 Å². The van der Waals surface area contributed by atoms with Crippen molar-refractivity contribution in [2.75, 3.05) is 6.61 Å². The number of primary amides is 1. The van der Waals surface area contributed by atoms with E-state index in [2.05, 4.69) is 5.32 Å². The smallest absolute Gasteiger partial charge is 0.405 e. The van der Waals surface area contributed by atoms with Crippen molar-refractivity contribution in [3.8, 4) is 5.75 Å². The molecule has 0 bridgehead atoms. The molecule has 1 aromatic rings. The Hall–Kier alpha value is -2.28. The molecule has 0 radical (unpaired) electrons. The van der Waals surface area contributed by atoms with Gasteiger partial charge in [-0.1, -0.05) is 26.0 Å². The van der Waals surface area contributed by atoms with Crippen LogP contribution >= 0.6 is 0 Å². The third-order valence-corrected chi connectivity index (χ3v) is 3.09. The Bertz CT molecular complexity index is 501. The number of carbonyl (C=O) groups excluding carboxylic acids is 2. The quantitative estimate of drug-likeness (QED) is 0.585. The van der Waals surface area contributed by atoms with E-state index in [4.69, 9.17) is 10.5 Å². The molecule has 122 valence electrons. The molecule has 22 heavy (non-hydrogen) atoms. The van der Waals surface area contributed by atoms with Crippen LogP contribution in [0.5, 0.6) is 5.75 Å². The second kappa shape index (κ2) is 8.23. The molecule has 0 aliphatic rings. The molecule has 2 amide bonds. The number of aliphatic hydroxyl groups excluding tert-OH is 1. The number of nitrogens with one attached hydrogen (secondary N) is 1. The average Bonchev–Trinajstić information content (AvgIpc) is 2.45. The van der Waals surface area contributed by atoms with Crippen molar-refractivity contribution < 1.29 is 24.5 Å². The van der Waals surface area contributed by atoms with E-state index in [0.717, 1.165) is 5.56 Å². The zero-order valence-electron chi connectivity index (χ0n) is 12.7. The summed E-state index contributed by atoms with van der Waals surface area (Å²) in [4.78, 5) is 23.0. The lowest BCUT2D eigenvalue weighted by Crippen LogP contribution is -2.48. The van der Waals surface area contributed by atoms with Crippen molar-refractivity contribution in [1.82, 2.24) is 5.32 Å². The van der Waals surface area contributed by atoms with E-state index in [9.17, 15) is 19.8 Å². The minimum atomic E-state index is -1.02. The maximum absolute atomic E-state index is 12.1. The molecule has 1 rings (SSSR count). The number of benzene rings is 1. The van der Waals surface area contributed by atoms with Crippen molar-refractivity contribution >= 4 is 12.0 Å². The summed E-state index contributed by atoms with van der Waals surface area (Å²) in [5.74, 6) is -0.616. The second-order valence-corrected chi connectivity index (χ2v) is 5.36. The molecular formula is C15H22N2O5. The summed E-state index contributed by atoms with van der Waals surface area (Å²) in [6.45, 7) is 3.18. The van der Waals surface area contributed by atoms with Crippen LogP contribution in [0.2, 0.25) is 0 Å². The second-order valence-electron chi connectivity index (χ2n) is 5.36. The van der Waals surface area contributed by atoms with Crippen LogP contribution in [0.3, 0.4) is 0 Å². The van der Waals surface area contributed by atoms with Gasteiger partial charge in [-0.2, -0.15) is 0 Å². The van der Waals surface area contributed by atoms with Gasteiger partial charge in [0.1, 0.15) is 5.75 Å². The molecule has 5 N–H and O–H groups in total. The molecule has 1 unspecified atom stereocenters. The molecule has 0 aliphatic carbocycles. The van der Waals surface area contributed by atoms with E-state index in [0.29, 0.717) is 6.42 Å². The maximum Gasteiger partial charge on any atom is 0.405 e. The Balaban J connectivity index is 2.68. The van der Waals surface area contributed by atoms with E-state index in [1.165, 1.54) is 12.1 Å². The Morgan fingerprint density at radius 3 is 2.32 bits per heavy atom. The Morgan fingerprint density at radius 1 is 1.27 bits per heavy atom. The van der Waals surface area contributed by atoms with Crippen LogP contribution in [-0.2, 0) is 16.0 Å². The SMILES string of the molecule is CC(C)[C@H](OC(N)=O)C(=O)NC(CO)Cc1ccc(O)cc1. The number of hydrogen-bond acceptors (Lipinski definition) is 5. The number of carbonyl (C=O) groups is 2. The van der Waals surface area contributed by atoms with Crippen LogP contribution in [0.15, 0.2) is 24.3 Å². The van der Waals surface area contributed by atoms with Crippen LogP contribution in [0.4, 0.5) is 4.79 Å². The number of phenols is 1. The van der Waals surface area contributed by atoms with Gasteiger partial charge in [-0.15, -0.1) is 0 Å². The zero-order chi connectivity index (χ0) is 16.7. The fourth-order valence-electron chi connectivity index (χ4n) is 1.98. The average molecular weight is 310 g/mol. The van der Waals surface area contributed by atoms with Crippen molar-refractivity contribution in [3.05, 3.63) is 29.8 Å². The molecule has 0 heterocycles. The van der Waals surface area contributed by atoms with Crippen molar-refractivity contribution in [2.45, 2.75) is 32.4 Å². The molecule has 1 aromatic carbocycles. The Labute approximate surface area is 129 Å². The molecular weight excluding hydrogens is 288 g/mol. The summed E-state index contributed by atoms with van der Waals surface area (Å²) in [5, 5.41) is 21.3. The topological polar surface area (TPSA) is 122 Å². The molecule has 7 nitrogen and oxygen atoms in total. The van der Waals surface area contributed by atoms with Crippen molar-refractivity contribution in [1.29, 1.82) is 0 Å². The first-order valence-electron chi connectivity index (χ1n) is 6.98. The molecule has 2 atom stereocenters. The van der Waals surface area contributed by atoms with Crippen LogP contribution in [0, 0.1) is 5.92 Å². The third-order valence-electron chi connectivity index (χ3n) is 3.09. The van der Waals surface area contributed by atoms with Gasteiger partial charge in [0.25, 0.3) is 5.91 Å². The Kier molecular flexibility index (Phi) is 6.65. The number of hydrogen-bond donors (Lipinski definition) is 4. The number of aromatic hydroxyl groups is 1. The predicted octanol–water partition coefficient (Wildman–Crippen LogP) is 0.532. The summed E-state index contributed by atoms with van der Waals surface area (Å²) in [6, 6.07) is 5.92. The molecule has 0 fully saturated rings. The van der Waals surface area contributed by atoms with Gasteiger partial charge >= 0.3 is 6.09 Å². The lowest BCUT2D eigenvalue weighted by atomic mass is 10.0. The number of amides is 2. The van der Waals surface area contributed by atoms with Gasteiger partial charge in [0.05, 0.1) is 12.6 Å². The fraction of sp³-hybridized carbons (Fsp3) is 0.467. The normalized spacial score (nSPS) is 13.5. The monoisotopic (exact) mass is 310 g/mol. The van der Waals surface area contributed by atoms with E-state index in [1.807, 2.05) is 0 Å². The van der Waals surface area contributed by atoms with Crippen LogP contribution in [0.25, 0.3) is 0 Å². The van der Waals surface area contributed by atoms with Crippen LogP contribution < -0.4 is 11.1 Å². The van der Waals surface area contributed by atoms with Crippen molar-refractivity contribution in [3.63, 3.8) is 0 Å². The van der Waals surface area contributed by atoms with Crippen LogP contribution in [0.1, 0.15) is 19.4 Å². The number of rotatable bonds is 7. The molecule has 0 saturated carbocycles. The van der Waals surface area contributed by atoms with Gasteiger partial charge in [0.2, 0.25) is 0 Å². The first kappa shape index (κ1) is 17.8. The van der Waals surface area contributed by atoms with Crippen molar-refractivity contribution in [2.24, 2.45) is 11.7 Å². The molecule has 0 aromatic heterocycles. The summed E-state index contributed by atoms with van der Waals surface area (Å²) in [7, 11) is 0. The molecule has 0 saturated heterocycles. The number of ether oxygens (including phenoxy) is 1. The van der Waals surface area contributed by atoms with Gasteiger partial charge in [-0.25, -0.2) is 4.79 Å². The Morgan fingerprint density at radius 2 is 1.86 bits per heavy atom. The molecule has 7 heteroatoms. The summed E-state index contributed by atoms with van der Waals surface area (Å²) < 4.78 is 4.80. The fourth-order valence-corrected chi connectivity index (χ4v) is 1.98. The van der Waals surface area contributed by atoms with Gasteiger partial charge < -0.3 is 26.0 Å².